The number of phenols is 1. The SMILES string of the molecule is O=C1C=C(c2ccccc2)OC1(OCC#Cc1ccccc1)c1ccccc1O. The second-order valence-electron chi connectivity index (χ2n) is 6.43. The van der Waals surface area contributed by atoms with Gasteiger partial charge in [-0.25, -0.2) is 0 Å². The summed E-state index contributed by atoms with van der Waals surface area (Å²) in [5, 5.41) is 10.4. The molecule has 3 aromatic rings. The number of phenolic OH excluding ortho intramolecular Hbond substituents is 1. The molecular formula is C25H18O4. The number of rotatable bonds is 4. The topological polar surface area (TPSA) is 55.8 Å². The third-order valence-electron chi connectivity index (χ3n) is 4.51. The monoisotopic (exact) mass is 382 g/mol. The number of benzene rings is 3. The number of hydrogen-bond donors (Lipinski definition) is 1. The number of carbonyl (C=O) groups is 1. The molecule has 142 valence electrons. The van der Waals surface area contributed by atoms with E-state index in [2.05, 4.69) is 11.8 Å². The highest BCUT2D eigenvalue weighted by molar-refractivity contribution is 6.05. The molecule has 1 N–H and O–H groups in total. The quantitative estimate of drug-likeness (QED) is 0.686. The van der Waals surface area contributed by atoms with Gasteiger partial charge in [0, 0.05) is 17.2 Å². The first-order valence-electron chi connectivity index (χ1n) is 9.16. The van der Waals surface area contributed by atoms with Crippen molar-refractivity contribution >= 4 is 11.5 Å². The lowest BCUT2D eigenvalue weighted by Gasteiger charge is -2.28. The van der Waals surface area contributed by atoms with Crippen LogP contribution in [-0.2, 0) is 20.1 Å². The van der Waals surface area contributed by atoms with Gasteiger partial charge in [0.15, 0.2) is 0 Å². The van der Waals surface area contributed by atoms with Gasteiger partial charge in [0.05, 0.1) is 5.56 Å². The molecule has 0 saturated heterocycles. The Morgan fingerprint density at radius 1 is 0.897 bits per heavy atom. The molecule has 4 nitrogen and oxygen atoms in total. The van der Waals surface area contributed by atoms with E-state index in [1.165, 1.54) is 12.1 Å². The van der Waals surface area contributed by atoms with Crippen molar-refractivity contribution in [3.8, 4) is 17.6 Å². The van der Waals surface area contributed by atoms with Crippen molar-refractivity contribution in [2.75, 3.05) is 6.61 Å². The summed E-state index contributed by atoms with van der Waals surface area (Å²) >= 11 is 0. The molecule has 1 unspecified atom stereocenters. The van der Waals surface area contributed by atoms with E-state index in [0.717, 1.165) is 11.1 Å². The molecule has 0 aliphatic carbocycles. The van der Waals surface area contributed by atoms with Crippen LogP contribution in [-0.4, -0.2) is 17.5 Å². The van der Waals surface area contributed by atoms with E-state index in [4.69, 9.17) is 9.47 Å². The standard InChI is InChI=1S/C25H18O4/c26-22-16-8-7-15-21(22)25(28-17-9-12-19-10-3-1-4-11-19)24(27)18-23(29-25)20-13-5-2-6-14-20/h1-8,10-11,13-16,18,26H,17H2. The second kappa shape index (κ2) is 8.05. The van der Waals surface area contributed by atoms with E-state index in [-0.39, 0.29) is 17.9 Å². The Morgan fingerprint density at radius 2 is 1.55 bits per heavy atom. The average Bonchev–Trinajstić information content (AvgIpc) is 3.10. The minimum absolute atomic E-state index is 0.0507. The Hall–Kier alpha value is -3.81. The van der Waals surface area contributed by atoms with Gasteiger partial charge < -0.3 is 14.6 Å². The van der Waals surface area contributed by atoms with Gasteiger partial charge in [0.1, 0.15) is 18.1 Å². The van der Waals surface area contributed by atoms with Crippen LogP contribution >= 0.6 is 0 Å². The van der Waals surface area contributed by atoms with E-state index < -0.39 is 11.6 Å². The highest BCUT2D eigenvalue weighted by Gasteiger charge is 2.49. The number of carbonyl (C=O) groups excluding carboxylic acids is 1. The second-order valence-corrected chi connectivity index (χ2v) is 6.43. The molecule has 0 radical (unpaired) electrons. The molecule has 1 aliphatic rings. The molecule has 1 heterocycles. The summed E-state index contributed by atoms with van der Waals surface area (Å²) in [5.41, 5.74) is 1.83. The highest BCUT2D eigenvalue weighted by atomic mass is 16.7. The molecule has 0 fully saturated rings. The predicted molar refractivity (Wildman–Crippen MR) is 110 cm³/mol. The smallest absolute Gasteiger partial charge is 0.306 e. The van der Waals surface area contributed by atoms with E-state index >= 15 is 0 Å². The van der Waals surface area contributed by atoms with Crippen LogP contribution in [0, 0.1) is 11.8 Å². The van der Waals surface area contributed by atoms with Crippen LogP contribution < -0.4 is 0 Å². The lowest BCUT2D eigenvalue weighted by atomic mass is 10.0. The molecule has 0 spiro atoms. The fourth-order valence-corrected chi connectivity index (χ4v) is 3.11. The van der Waals surface area contributed by atoms with Crippen LogP contribution in [0.1, 0.15) is 16.7 Å². The van der Waals surface area contributed by atoms with Crippen molar-refractivity contribution in [2.45, 2.75) is 5.79 Å². The van der Waals surface area contributed by atoms with Gasteiger partial charge >= 0.3 is 5.79 Å². The van der Waals surface area contributed by atoms with Crippen LogP contribution in [0.5, 0.6) is 5.75 Å². The van der Waals surface area contributed by atoms with Gasteiger partial charge in [-0.2, -0.15) is 0 Å². The fraction of sp³-hybridized carbons (Fsp3) is 0.0800. The minimum Gasteiger partial charge on any atom is -0.507 e. The maximum Gasteiger partial charge on any atom is 0.306 e. The summed E-state index contributed by atoms with van der Waals surface area (Å²) < 4.78 is 11.9. The largest absolute Gasteiger partial charge is 0.507 e. The van der Waals surface area contributed by atoms with Gasteiger partial charge in [-0.3, -0.25) is 4.79 Å². The first kappa shape index (κ1) is 18.5. The lowest BCUT2D eigenvalue weighted by Crippen LogP contribution is -2.37. The fourth-order valence-electron chi connectivity index (χ4n) is 3.11. The summed E-state index contributed by atoms with van der Waals surface area (Å²) in [4.78, 5) is 13.0. The van der Waals surface area contributed by atoms with Crippen LogP contribution in [0.15, 0.2) is 91.0 Å². The molecule has 29 heavy (non-hydrogen) atoms. The molecule has 0 aromatic heterocycles. The van der Waals surface area contributed by atoms with Crippen LogP contribution in [0.25, 0.3) is 5.76 Å². The van der Waals surface area contributed by atoms with Gasteiger partial charge in [-0.05, 0) is 24.3 Å². The molecule has 1 aliphatic heterocycles. The molecule has 0 amide bonds. The Labute approximate surface area is 169 Å². The van der Waals surface area contributed by atoms with Crippen molar-refractivity contribution < 1.29 is 19.4 Å². The van der Waals surface area contributed by atoms with Gasteiger partial charge in [-0.1, -0.05) is 72.5 Å². The summed E-state index contributed by atoms with van der Waals surface area (Å²) in [6, 6.07) is 25.3. The third-order valence-corrected chi connectivity index (χ3v) is 4.51. The average molecular weight is 382 g/mol. The summed E-state index contributed by atoms with van der Waals surface area (Å²) in [7, 11) is 0. The van der Waals surface area contributed by atoms with Crippen molar-refractivity contribution in [1.29, 1.82) is 0 Å². The van der Waals surface area contributed by atoms with Gasteiger partial charge in [0.25, 0.3) is 0 Å². The van der Waals surface area contributed by atoms with Crippen molar-refractivity contribution in [1.82, 2.24) is 0 Å². The maximum absolute atomic E-state index is 13.0. The molecular weight excluding hydrogens is 364 g/mol. The van der Waals surface area contributed by atoms with E-state index in [9.17, 15) is 9.90 Å². The lowest BCUT2D eigenvalue weighted by molar-refractivity contribution is -0.193. The first-order chi connectivity index (χ1) is 14.2. The van der Waals surface area contributed by atoms with E-state index in [1.54, 1.807) is 18.2 Å². The highest BCUT2D eigenvalue weighted by Crippen LogP contribution is 2.43. The van der Waals surface area contributed by atoms with E-state index in [1.807, 2.05) is 60.7 Å². The molecule has 1 atom stereocenters. The maximum atomic E-state index is 13.0. The Bertz CT molecular complexity index is 1110. The summed E-state index contributed by atoms with van der Waals surface area (Å²) in [5.74, 6) is 4.02. The molecule has 0 saturated carbocycles. The third kappa shape index (κ3) is 3.77. The van der Waals surface area contributed by atoms with Crippen LogP contribution in [0.3, 0.4) is 0 Å². The number of aromatic hydroxyl groups is 1. The van der Waals surface area contributed by atoms with Crippen molar-refractivity contribution in [2.24, 2.45) is 0 Å². The zero-order valence-electron chi connectivity index (χ0n) is 15.5. The van der Waals surface area contributed by atoms with Crippen LogP contribution in [0.2, 0.25) is 0 Å². The molecule has 3 aromatic carbocycles. The van der Waals surface area contributed by atoms with Crippen molar-refractivity contribution in [3.05, 3.63) is 108 Å². The number of para-hydroxylation sites is 1. The Balaban J connectivity index is 1.64. The Morgan fingerprint density at radius 3 is 2.28 bits per heavy atom. The van der Waals surface area contributed by atoms with Gasteiger partial charge in [-0.15, -0.1) is 0 Å². The van der Waals surface area contributed by atoms with E-state index in [0.29, 0.717) is 5.76 Å². The molecule has 4 rings (SSSR count). The number of ether oxygens (including phenoxy) is 2. The normalized spacial score (nSPS) is 17.8. The zero-order valence-corrected chi connectivity index (χ0v) is 15.5. The van der Waals surface area contributed by atoms with Crippen LogP contribution in [0.4, 0.5) is 0 Å². The number of ketones is 1. The zero-order chi connectivity index (χ0) is 20.1. The number of hydrogen-bond acceptors (Lipinski definition) is 4. The summed E-state index contributed by atoms with van der Waals surface area (Å²) in [6.07, 6.45) is 1.40. The molecule has 4 heteroatoms. The minimum atomic E-state index is -1.78. The first-order valence-corrected chi connectivity index (χ1v) is 9.16. The van der Waals surface area contributed by atoms with Gasteiger partial charge in [0.2, 0.25) is 5.78 Å². The predicted octanol–water partition coefficient (Wildman–Crippen LogP) is 4.25. The molecule has 0 bridgehead atoms. The summed E-state index contributed by atoms with van der Waals surface area (Å²) in [6.45, 7) is -0.0507. The van der Waals surface area contributed by atoms with Crippen molar-refractivity contribution in [3.63, 3.8) is 0 Å². The Kier molecular flexibility index (Phi) is 5.15.